The lowest BCUT2D eigenvalue weighted by atomic mass is 10.3. The zero-order chi connectivity index (χ0) is 9.97. The van der Waals surface area contributed by atoms with Crippen LogP contribution in [0.3, 0.4) is 0 Å². The van der Waals surface area contributed by atoms with Crippen molar-refractivity contribution in [3.05, 3.63) is 28.3 Å². The van der Waals surface area contributed by atoms with E-state index in [1.165, 1.54) is 12.8 Å². The van der Waals surface area contributed by atoms with Crippen molar-refractivity contribution in [1.82, 2.24) is 9.97 Å². The molecule has 1 aliphatic carbocycles. The zero-order valence-corrected chi connectivity index (χ0v) is 9.37. The molecule has 0 saturated heterocycles. The van der Waals surface area contributed by atoms with Gasteiger partial charge in [0.1, 0.15) is 5.82 Å². The Morgan fingerprint density at radius 2 is 2.36 bits per heavy atom. The Morgan fingerprint density at radius 1 is 1.57 bits per heavy atom. The maximum atomic E-state index is 5.39. The van der Waals surface area contributed by atoms with E-state index in [-0.39, 0.29) is 0 Å². The third kappa shape index (κ3) is 2.19. The smallest absolute Gasteiger partial charge is 0.132 e. The molecule has 74 valence electrons. The van der Waals surface area contributed by atoms with Gasteiger partial charge in [0.05, 0.1) is 10.2 Å². The lowest BCUT2D eigenvalue weighted by molar-refractivity contribution is 0.915. The van der Waals surface area contributed by atoms with Crippen molar-refractivity contribution in [2.24, 2.45) is 5.73 Å². The van der Waals surface area contributed by atoms with Crippen molar-refractivity contribution in [2.75, 3.05) is 6.54 Å². The molecule has 0 radical (unpaired) electrons. The standard InChI is InChI=1S/C10H12BrN3/c11-8-6-13-10(7-3-4-7)14-9(8)2-1-5-12/h1-2,6-7H,3-5,12H2/b2-1+. The van der Waals surface area contributed by atoms with Crippen molar-refractivity contribution in [1.29, 1.82) is 0 Å². The van der Waals surface area contributed by atoms with Crippen LogP contribution in [0.2, 0.25) is 0 Å². The minimum absolute atomic E-state index is 0.537. The van der Waals surface area contributed by atoms with E-state index in [2.05, 4.69) is 25.9 Å². The molecule has 1 aromatic heterocycles. The fraction of sp³-hybridized carbons (Fsp3) is 0.400. The predicted molar refractivity (Wildman–Crippen MR) is 59.8 cm³/mol. The van der Waals surface area contributed by atoms with Gasteiger partial charge in [0.25, 0.3) is 0 Å². The predicted octanol–water partition coefficient (Wildman–Crippen LogP) is 2.09. The summed E-state index contributed by atoms with van der Waals surface area (Å²) >= 11 is 3.41. The molecule has 2 rings (SSSR count). The van der Waals surface area contributed by atoms with Gasteiger partial charge in [-0.2, -0.15) is 0 Å². The molecule has 1 heterocycles. The summed E-state index contributed by atoms with van der Waals surface area (Å²) in [4.78, 5) is 8.76. The molecule has 14 heavy (non-hydrogen) atoms. The molecule has 0 bridgehead atoms. The monoisotopic (exact) mass is 253 g/mol. The van der Waals surface area contributed by atoms with Crippen LogP contribution in [0.4, 0.5) is 0 Å². The number of halogens is 1. The van der Waals surface area contributed by atoms with Gasteiger partial charge in [-0.3, -0.25) is 0 Å². The summed E-state index contributed by atoms with van der Waals surface area (Å²) in [6.07, 6.45) is 8.08. The van der Waals surface area contributed by atoms with Gasteiger partial charge in [-0.15, -0.1) is 0 Å². The van der Waals surface area contributed by atoms with Gasteiger partial charge >= 0.3 is 0 Å². The Bertz CT molecular complexity index is 358. The highest BCUT2D eigenvalue weighted by Gasteiger charge is 2.26. The largest absolute Gasteiger partial charge is 0.327 e. The Labute approximate surface area is 91.6 Å². The summed E-state index contributed by atoms with van der Waals surface area (Å²) in [7, 11) is 0. The van der Waals surface area contributed by atoms with Crippen molar-refractivity contribution < 1.29 is 0 Å². The van der Waals surface area contributed by atoms with Gasteiger partial charge in [-0.25, -0.2) is 9.97 Å². The van der Waals surface area contributed by atoms with Gasteiger partial charge in [0.2, 0.25) is 0 Å². The molecule has 0 spiro atoms. The van der Waals surface area contributed by atoms with Crippen LogP contribution in [-0.4, -0.2) is 16.5 Å². The first-order chi connectivity index (χ1) is 6.81. The maximum Gasteiger partial charge on any atom is 0.132 e. The highest BCUT2D eigenvalue weighted by Crippen LogP contribution is 2.38. The van der Waals surface area contributed by atoms with Crippen LogP contribution in [-0.2, 0) is 0 Å². The van der Waals surface area contributed by atoms with Crippen molar-refractivity contribution in [3.63, 3.8) is 0 Å². The highest BCUT2D eigenvalue weighted by atomic mass is 79.9. The van der Waals surface area contributed by atoms with E-state index in [9.17, 15) is 0 Å². The van der Waals surface area contributed by atoms with Gasteiger partial charge in [0, 0.05) is 18.7 Å². The number of hydrogen-bond donors (Lipinski definition) is 1. The lowest BCUT2D eigenvalue weighted by Crippen LogP contribution is -1.96. The van der Waals surface area contributed by atoms with Crippen LogP contribution in [0.15, 0.2) is 16.7 Å². The Morgan fingerprint density at radius 3 is 3.00 bits per heavy atom. The van der Waals surface area contributed by atoms with E-state index in [0.717, 1.165) is 16.0 Å². The topological polar surface area (TPSA) is 51.8 Å². The lowest BCUT2D eigenvalue weighted by Gasteiger charge is -2.00. The minimum atomic E-state index is 0.537. The summed E-state index contributed by atoms with van der Waals surface area (Å²) < 4.78 is 0.923. The summed E-state index contributed by atoms with van der Waals surface area (Å²) in [5, 5.41) is 0. The molecule has 1 saturated carbocycles. The maximum absolute atomic E-state index is 5.39. The van der Waals surface area contributed by atoms with Gasteiger partial charge in [-0.1, -0.05) is 6.08 Å². The fourth-order valence-electron chi connectivity index (χ4n) is 1.23. The average molecular weight is 254 g/mol. The first kappa shape index (κ1) is 9.80. The highest BCUT2D eigenvalue weighted by molar-refractivity contribution is 9.10. The van der Waals surface area contributed by atoms with Gasteiger partial charge in [0.15, 0.2) is 0 Å². The van der Waals surface area contributed by atoms with E-state index < -0.39 is 0 Å². The third-order valence-corrected chi connectivity index (χ3v) is 2.76. The van der Waals surface area contributed by atoms with Crippen LogP contribution in [0.25, 0.3) is 6.08 Å². The van der Waals surface area contributed by atoms with Crippen LogP contribution < -0.4 is 5.73 Å². The summed E-state index contributed by atoms with van der Waals surface area (Å²) in [6.45, 7) is 0.537. The van der Waals surface area contributed by atoms with E-state index in [1.807, 2.05) is 18.3 Å². The van der Waals surface area contributed by atoms with Crippen LogP contribution in [0.5, 0.6) is 0 Å². The normalized spacial score (nSPS) is 16.4. The van der Waals surface area contributed by atoms with Crippen molar-refractivity contribution in [2.45, 2.75) is 18.8 Å². The SMILES string of the molecule is NC/C=C/c1nc(C2CC2)ncc1Br. The number of nitrogens with two attached hydrogens (primary N) is 1. The third-order valence-electron chi connectivity index (χ3n) is 2.14. The number of aromatic nitrogens is 2. The van der Waals surface area contributed by atoms with E-state index in [1.54, 1.807) is 0 Å². The molecule has 0 atom stereocenters. The van der Waals surface area contributed by atoms with Crippen molar-refractivity contribution >= 4 is 22.0 Å². The molecule has 1 aromatic rings. The molecule has 0 unspecified atom stereocenters. The quantitative estimate of drug-likeness (QED) is 0.898. The van der Waals surface area contributed by atoms with Crippen molar-refractivity contribution in [3.8, 4) is 0 Å². The number of nitrogens with zero attached hydrogens (tertiary/aromatic N) is 2. The van der Waals surface area contributed by atoms with E-state index in [0.29, 0.717) is 12.5 Å². The first-order valence-electron chi connectivity index (χ1n) is 4.70. The fourth-order valence-corrected chi connectivity index (χ4v) is 1.55. The molecule has 1 aliphatic rings. The van der Waals surface area contributed by atoms with Crippen LogP contribution >= 0.6 is 15.9 Å². The Balaban J connectivity index is 2.27. The summed E-state index contributed by atoms with van der Waals surface area (Å²) in [5.74, 6) is 1.55. The zero-order valence-electron chi connectivity index (χ0n) is 7.78. The van der Waals surface area contributed by atoms with Gasteiger partial charge < -0.3 is 5.73 Å². The molecule has 1 fully saturated rings. The molecule has 4 heteroatoms. The summed E-state index contributed by atoms with van der Waals surface area (Å²) in [5.41, 5.74) is 6.31. The first-order valence-corrected chi connectivity index (χ1v) is 5.49. The molecule has 0 aliphatic heterocycles. The molecule has 0 amide bonds. The molecule has 0 aromatic carbocycles. The second-order valence-corrected chi connectivity index (χ2v) is 4.23. The van der Waals surface area contributed by atoms with E-state index in [4.69, 9.17) is 5.73 Å². The van der Waals surface area contributed by atoms with E-state index >= 15 is 0 Å². The van der Waals surface area contributed by atoms with Gasteiger partial charge in [-0.05, 0) is 34.8 Å². The Hall–Kier alpha value is -0.740. The molecular formula is C10H12BrN3. The Kier molecular flexibility index (Phi) is 2.93. The molecule has 3 nitrogen and oxygen atoms in total. The van der Waals surface area contributed by atoms with Crippen LogP contribution in [0.1, 0.15) is 30.3 Å². The molecular weight excluding hydrogens is 242 g/mol. The second kappa shape index (κ2) is 4.19. The number of hydrogen-bond acceptors (Lipinski definition) is 3. The second-order valence-electron chi connectivity index (χ2n) is 3.37. The average Bonchev–Trinajstić information content (AvgIpc) is 3.00. The van der Waals surface area contributed by atoms with Crippen LogP contribution in [0, 0.1) is 0 Å². The molecule has 2 N–H and O–H groups in total. The minimum Gasteiger partial charge on any atom is -0.327 e. The number of rotatable bonds is 3. The summed E-state index contributed by atoms with van der Waals surface area (Å²) in [6, 6.07) is 0.